The molecule has 1 aliphatic heterocycles. The highest BCUT2D eigenvalue weighted by Crippen LogP contribution is 2.28. The van der Waals surface area contributed by atoms with Gasteiger partial charge in [-0.1, -0.05) is 18.2 Å². The largest absolute Gasteiger partial charge is 0.488 e. The monoisotopic (exact) mass is 352 g/mol. The Labute approximate surface area is 150 Å². The van der Waals surface area contributed by atoms with E-state index in [1.54, 1.807) is 34.9 Å². The highest BCUT2D eigenvalue weighted by molar-refractivity contribution is 5.93. The number of aliphatic hydroxyl groups excluding tert-OH is 1. The van der Waals surface area contributed by atoms with Crippen LogP contribution in [0.3, 0.4) is 0 Å². The van der Waals surface area contributed by atoms with Crippen LogP contribution in [-0.2, 0) is 12.8 Å². The number of aromatic nitrogens is 3. The van der Waals surface area contributed by atoms with E-state index in [1.165, 1.54) is 5.56 Å². The molecule has 3 aromatic rings. The van der Waals surface area contributed by atoms with Crippen molar-refractivity contribution in [3.05, 3.63) is 59.5 Å². The van der Waals surface area contributed by atoms with E-state index in [9.17, 15) is 4.79 Å². The minimum Gasteiger partial charge on any atom is -0.488 e. The van der Waals surface area contributed by atoms with E-state index in [0.29, 0.717) is 24.3 Å². The minimum atomic E-state index is -0.168. The maximum atomic E-state index is 12.7. The van der Waals surface area contributed by atoms with Crippen molar-refractivity contribution in [3.63, 3.8) is 0 Å². The third-order valence-corrected chi connectivity index (χ3v) is 4.52. The lowest BCUT2D eigenvalue weighted by molar-refractivity contribution is 0.0724. The molecular weight excluding hydrogens is 332 g/mol. The molecule has 4 rings (SSSR count). The van der Waals surface area contributed by atoms with Crippen molar-refractivity contribution in [1.82, 2.24) is 19.5 Å². The second kappa shape index (κ2) is 6.76. The fraction of sp³-hybridized carbons (Fsp3) is 0.316. The van der Waals surface area contributed by atoms with Crippen molar-refractivity contribution >= 4 is 11.6 Å². The number of ether oxygens (including phenoxy) is 1. The average molecular weight is 352 g/mol. The Morgan fingerprint density at radius 3 is 3.08 bits per heavy atom. The summed E-state index contributed by atoms with van der Waals surface area (Å²) in [5, 5.41) is 13.4. The van der Waals surface area contributed by atoms with Gasteiger partial charge in [0.05, 0.1) is 6.54 Å². The van der Waals surface area contributed by atoms with Crippen LogP contribution in [0.4, 0.5) is 0 Å². The van der Waals surface area contributed by atoms with Gasteiger partial charge >= 0.3 is 0 Å². The van der Waals surface area contributed by atoms with Gasteiger partial charge in [0.1, 0.15) is 11.9 Å². The summed E-state index contributed by atoms with van der Waals surface area (Å²) in [6.07, 6.45) is 4.73. The van der Waals surface area contributed by atoms with E-state index < -0.39 is 0 Å². The number of fused-ring (bicyclic) bond motifs is 2. The fourth-order valence-corrected chi connectivity index (χ4v) is 3.22. The summed E-state index contributed by atoms with van der Waals surface area (Å²) in [7, 11) is 1.75. The van der Waals surface area contributed by atoms with E-state index in [1.807, 2.05) is 18.2 Å². The quantitative estimate of drug-likeness (QED) is 0.750. The molecule has 1 amide bonds. The highest BCUT2D eigenvalue weighted by Gasteiger charge is 2.26. The highest BCUT2D eigenvalue weighted by atomic mass is 16.5. The molecule has 0 saturated heterocycles. The van der Waals surface area contributed by atoms with Crippen molar-refractivity contribution in [2.24, 2.45) is 0 Å². The second-order valence-corrected chi connectivity index (χ2v) is 6.51. The van der Waals surface area contributed by atoms with Crippen LogP contribution >= 0.6 is 0 Å². The van der Waals surface area contributed by atoms with E-state index >= 15 is 0 Å². The van der Waals surface area contributed by atoms with Crippen molar-refractivity contribution in [1.29, 1.82) is 0 Å². The molecule has 1 atom stereocenters. The number of hydrogen-bond donors (Lipinski definition) is 1. The molecule has 134 valence electrons. The first-order valence-electron chi connectivity index (χ1n) is 8.59. The number of rotatable bonds is 5. The zero-order valence-corrected chi connectivity index (χ0v) is 14.5. The molecule has 1 aromatic carbocycles. The first-order valence-corrected chi connectivity index (χ1v) is 8.59. The molecule has 7 nitrogen and oxygen atoms in total. The van der Waals surface area contributed by atoms with Crippen LogP contribution in [0.15, 0.2) is 42.7 Å². The third kappa shape index (κ3) is 3.13. The average Bonchev–Trinajstić information content (AvgIpc) is 3.24. The van der Waals surface area contributed by atoms with Gasteiger partial charge in [-0.05, 0) is 23.6 Å². The summed E-state index contributed by atoms with van der Waals surface area (Å²) < 4.78 is 7.49. The van der Waals surface area contributed by atoms with Crippen LogP contribution in [0, 0.1) is 0 Å². The summed E-state index contributed by atoms with van der Waals surface area (Å²) in [5.41, 5.74) is 2.99. The molecular formula is C19H20N4O3. The number of hydrogen-bond acceptors (Lipinski definition) is 5. The van der Waals surface area contributed by atoms with E-state index in [4.69, 9.17) is 9.84 Å². The molecule has 3 heterocycles. The Kier molecular flexibility index (Phi) is 4.30. The van der Waals surface area contributed by atoms with Crippen LogP contribution < -0.4 is 4.74 Å². The number of amides is 1. The Balaban J connectivity index is 1.46. The molecule has 1 unspecified atom stereocenters. The first kappa shape index (κ1) is 16.5. The molecule has 0 fully saturated rings. The minimum absolute atomic E-state index is 0.0484. The molecule has 0 bridgehead atoms. The number of aliphatic hydroxyl groups is 1. The molecule has 7 heteroatoms. The number of likely N-dealkylation sites (N-methyl/N-ethyl adjacent to an activating group) is 1. The van der Waals surface area contributed by atoms with Crippen molar-refractivity contribution in [3.8, 4) is 5.75 Å². The van der Waals surface area contributed by atoms with Gasteiger partial charge in [-0.3, -0.25) is 4.79 Å². The number of carbonyl (C=O) groups is 1. The van der Waals surface area contributed by atoms with Crippen molar-refractivity contribution in [2.75, 3.05) is 20.2 Å². The summed E-state index contributed by atoms with van der Waals surface area (Å²) in [6.45, 7) is 0.539. The SMILES string of the molecule is CN(CC1Cc2ccccc2O1)C(=O)c1cc2ncc(CCO)cn2n1. The summed E-state index contributed by atoms with van der Waals surface area (Å²) in [5.74, 6) is 0.727. The van der Waals surface area contributed by atoms with Crippen molar-refractivity contribution < 1.29 is 14.6 Å². The molecule has 26 heavy (non-hydrogen) atoms. The lowest BCUT2D eigenvalue weighted by Gasteiger charge is -2.20. The van der Waals surface area contributed by atoms with Gasteiger partial charge in [0, 0.05) is 38.5 Å². The number of benzene rings is 1. The number of carbonyl (C=O) groups excluding carboxylic acids is 1. The van der Waals surface area contributed by atoms with Gasteiger partial charge in [0.15, 0.2) is 11.3 Å². The van der Waals surface area contributed by atoms with Crippen LogP contribution in [0.5, 0.6) is 5.75 Å². The topological polar surface area (TPSA) is 80.0 Å². The lowest BCUT2D eigenvalue weighted by atomic mass is 10.1. The number of nitrogens with zero attached hydrogens (tertiary/aromatic N) is 4. The van der Waals surface area contributed by atoms with Gasteiger partial charge in [-0.15, -0.1) is 0 Å². The predicted molar refractivity (Wildman–Crippen MR) is 95.3 cm³/mol. The van der Waals surface area contributed by atoms with E-state index in [-0.39, 0.29) is 18.6 Å². The van der Waals surface area contributed by atoms with Crippen LogP contribution in [0.1, 0.15) is 21.6 Å². The molecule has 0 aliphatic carbocycles. The van der Waals surface area contributed by atoms with Gasteiger partial charge in [0.2, 0.25) is 0 Å². The Bertz CT molecular complexity index is 928. The number of para-hydroxylation sites is 1. The maximum absolute atomic E-state index is 12.7. The molecule has 1 aliphatic rings. The lowest BCUT2D eigenvalue weighted by Crippen LogP contribution is -2.36. The zero-order chi connectivity index (χ0) is 18.1. The summed E-state index contributed by atoms with van der Waals surface area (Å²) in [4.78, 5) is 18.6. The Morgan fingerprint density at radius 2 is 2.27 bits per heavy atom. The van der Waals surface area contributed by atoms with Crippen LogP contribution in [0.25, 0.3) is 5.65 Å². The second-order valence-electron chi connectivity index (χ2n) is 6.51. The van der Waals surface area contributed by atoms with Gasteiger partial charge < -0.3 is 14.7 Å². The standard InChI is InChI=1S/C19H20N4O3/c1-22(12-15-8-14-4-2-3-5-17(14)26-15)19(25)16-9-18-20-10-13(6-7-24)11-23(18)21-16/h2-5,9-11,15,24H,6-8,12H2,1H3. The van der Waals surface area contributed by atoms with Gasteiger partial charge in [-0.2, -0.15) is 5.10 Å². The summed E-state index contributed by atoms with van der Waals surface area (Å²) in [6, 6.07) is 9.62. The Hall–Kier alpha value is -2.93. The zero-order valence-electron chi connectivity index (χ0n) is 14.5. The molecule has 0 spiro atoms. The molecule has 2 aromatic heterocycles. The molecule has 1 N–H and O–H groups in total. The molecule has 0 radical (unpaired) electrons. The smallest absolute Gasteiger partial charge is 0.274 e. The van der Waals surface area contributed by atoms with E-state index in [0.717, 1.165) is 17.7 Å². The van der Waals surface area contributed by atoms with E-state index in [2.05, 4.69) is 16.1 Å². The van der Waals surface area contributed by atoms with Gasteiger partial charge in [-0.25, -0.2) is 9.50 Å². The first-order chi connectivity index (χ1) is 12.6. The predicted octanol–water partition coefficient (Wildman–Crippen LogP) is 1.34. The normalized spacial score (nSPS) is 15.7. The van der Waals surface area contributed by atoms with Crippen LogP contribution in [0.2, 0.25) is 0 Å². The van der Waals surface area contributed by atoms with Crippen molar-refractivity contribution in [2.45, 2.75) is 18.9 Å². The maximum Gasteiger partial charge on any atom is 0.274 e. The van der Waals surface area contributed by atoms with Crippen LogP contribution in [-0.4, -0.2) is 56.8 Å². The Morgan fingerprint density at radius 1 is 1.42 bits per heavy atom. The van der Waals surface area contributed by atoms with Gasteiger partial charge in [0.25, 0.3) is 5.91 Å². The fourth-order valence-electron chi connectivity index (χ4n) is 3.22. The third-order valence-electron chi connectivity index (χ3n) is 4.52. The molecule has 0 saturated carbocycles. The summed E-state index contributed by atoms with van der Waals surface area (Å²) >= 11 is 0.